The zero-order chi connectivity index (χ0) is 25.4. The molecule has 0 spiro atoms. The van der Waals surface area contributed by atoms with Gasteiger partial charge in [-0.3, -0.25) is 14.4 Å². The molecular weight excluding hydrogens is 462 g/mol. The highest BCUT2D eigenvalue weighted by atomic mass is 35.5. The van der Waals surface area contributed by atoms with Crippen LogP contribution in [0, 0.1) is 5.92 Å². The number of carbonyl (C=O) groups is 3. The van der Waals surface area contributed by atoms with Crippen molar-refractivity contribution in [3.8, 4) is 0 Å². The van der Waals surface area contributed by atoms with Crippen LogP contribution in [0.3, 0.4) is 0 Å². The second kappa shape index (κ2) is 16.7. The molecule has 4 nitrogen and oxygen atoms in total. The number of unbranched alkanes of at least 4 members (excludes halogenated alkanes) is 4. The molecular formula is C27H39ClF2O4. The van der Waals surface area contributed by atoms with Gasteiger partial charge in [0, 0.05) is 25.7 Å². The van der Waals surface area contributed by atoms with Crippen molar-refractivity contribution in [3.05, 3.63) is 35.9 Å². The van der Waals surface area contributed by atoms with E-state index in [1.807, 2.05) is 30.3 Å². The van der Waals surface area contributed by atoms with Crippen molar-refractivity contribution >= 4 is 29.1 Å². The van der Waals surface area contributed by atoms with Crippen LogP contribution in [0.2, 0.25) is 0 Å². The second-order valence-corrected chi connectivity index (χ2v) is 9.51. The molecule has 0 radical (unpaired) electrons. The van der Waals surface area contributed by atoms with Crippen LogP contribution in [0.15, 0.2) is 30.3 Å². The number of benzene rings is 1. The fraction of sp³-hybridized carbons (Fsp3) is 0.667. The van der Waals surface area contributed by atoms with Gasteiger partial charge in [-0.1, -0.05) is 69.9 Å². The number of halogens is 3. The molecule has 34 heavy (non-hydrogen) atoms. The lowest BCUT2D eigenvalue weighted by molar-refractivity contribution is -0.145. The van der Waals surface area contributed by atoms with Crippen LogP contribution in [-0.2, 0) is 25.7 Å². The predicted octanol–water partition coefficient (Wildman–Crippen LogP) is 7.45. The smallest absolute Gasteiger partial charge is 0.306 e. The molecule has 1 saturated carbocycles. The summed E-state index contributed by atoms with van der Waals surface area (Å²) in [6, 6.07) is 9.78. The molecule has 0 amide bonds. The topological polar surface area (TPSA) is 60.4 Å². The Morgan fingerprint density at radius 1 is 1.09 bits per heavy atom. The van der Waals surface area contributed by atoms with E-state index in [1.54, 1.807) is 6.92 Å². The van der Waals surface area contributed by atoms with E-state index in [4.69, 9.17) is 16.3 Å². The molecule has 2 rings (SSSR count). The number of hydrogen-bond acceptors (Lipinski definition) is 4. The molecule has 1 aromatic carbocycles. The van der Waals surface area contributed by atoms with E-state index in [2.05, 4.69) is 6.92 Å². The summed E-state index contributed by atoms with van der Waals surface area (Å²) in [6.07, 6.45) is 7.21. The molecule has 1 aliphatic carbocycles. The van der Waals surface area contributed by atoms with Gasteiger partial charge < -0.3 is 4.74 Å². The maximum Gasteiger partial charge on any atom is 0.306 e. The Hall–Kier alpha value is -1.82. The summed E-state index contributed by atoms with van der Waals surface area (Å²) >= 11 is 5.78. The third-order valence-corrected chi connectivity index (χ3v) is 6.23. The third kappa shape index (κ3) is 12.6. The van der Waals surface area contributed by atoms with Gasteiger partial charge in [-0.2, -0.15) is 8.78 Å². The van der Waals surface area contributed by atoms with Gasteiger partial charge in [-0.15, -0.1) is 11.6 Å². The first kappa shape index (κ1) is 30.2. The summed E-state index contributed by atoms with van der Waals surface area (Å²) in [5.41, 5.74) is 1.05. The van der Waals surface area contributed by atoms with Crippen molar-refractivity contribution in [1.82, 2.24) is 0 Å². The molecule has 0 saturated heterocycles. The fourth-order valence-electron chi connectivity index (χ4n) is 3.75. The number of carbonyl (C=O) groups excluding carboxylic acids is 3. The Bertz CT molecular complexity index is 739. The standard InChI is InChI=1S/C14H20O2.C13H19ClF2O2/c1-2-3-4-8-11-14(15)16-12-13-9-6-5-7-10-13;1-2-3-6-13(15,16)12(18)11(14)8-9-4-5-10(17)7-9/h5-7,9-10H,2-4,8,11-12H2,1H3;9,11H,2-8H2,1H3. The molecule has 192 valence electrons. The minimum Gasteiger partial charge on any atom is -0.461 e. The van der Waals surface area contributed by atoms with Crippen molar-refractivity contribution in [2.75, 3.05) is 0 Å². The van der Waals surface area contributed by atoms with Gasteiger partial charge in [0.05, 0.1) is 5.38 Å². The van der Waals surface area contributed by atoms with Crippen LogP contribution in [0.4, 0.5) is 8.78 Å². The molecule has 1 aromatic rings. The van der Waals surface area contributed by atoms with E-state index in [0.29, 0.717) is 45.1 Å². The normalized spacial score (nSPS) is 16.5. The zero-order valence-corrected chi connectivity index (χ0v) is 21.3. The van der Waals surface area contributed by atoms with Crippen molar-refractivity contribution in [2.24, 2.45) is 5.92 Å². The monoisotopic (exact) mass is 500 g/mol. The number of Topliss-reactive ketones (excluding diaryl/α,β-unsaturated/α-hetero) is 2. The molecule has 7 heteroatoms. The molecule has 0 bridgehead atoms. The Kier molecular flexibility index (Phi) is 14.9. The molecule has 2 unspecified atom stereocenters. The van der Waals surface area contributed by atoms with Crippen LogP contribution < -0.4 is 0 Å². The summed E-state index contributed by atoms with van der Waals surface area (Å²) in [7, 11) is 0. The van der Waals surface area contributed by atoms with Crippen LogP contribution in [-0.4, -0.2) is 28.8 Å². The van der Waals surface area contributed by atoms with Gasteiger partial charge in [-0.25, -0.2) is 0 Å². The van der Waals surface area contributed by atoms with E-state index in [1.165, 1.54) is 12.8 Å². The van der Waals surface area contributed by atoms with E-state index in [0.717, 1.165) is 18.4 Å². The average Bonchev–Trinajstić information content (AvgIpc) is 3.24. The highest BCUT2D eigenvalue weighted by molar-refractivity contribution is 6.32. The quantitative estimate of drug-likeness (QED) is 0.151. The van der Waals surface area contributed by atoms with Gasteiger partial charge in [0.15, 0.2) is 0 Å². The van der Waals surface area contributed by atoms with Gasteiger partial charge in [0.1, 0.15) is 12.4 Å². The lowest BCUT2D eigenvalue weighted by atomic mass is 9.96. The number of rotatable bonds is 14. The Morgan fingerprint density at radius 3 is 2.35 bits per heavy atom. The minimum absolute atomic E-state index is 0.00840. The van der Waals surface area contributed by atoms with E-state index >= 15 is 0 Å². The van der Waals surface area contributed by atoms with E-state index < -0.39 is 23.5 Å². The lowest BCUT2D eigenvalue weighted by Crippen LogP contribution is -2.36. The van der Waals surface area contributed by atoms with E-state index in [-0.39, 0.29) is 24.1 Å². The van der Waals surface area contributed by atoms with Gasteiger partial charge in [0.2, 0.25) is 5.78 Å². The van der Waals surface area contributed by atoms with Gasteiger partial charge in [0.25, 0.3) is 0 Å². The summed E-state index contributed by atoms with van der Waals surface area (Å²) in [4.78, 5) is 34.0. The largest absolute Gasteiger partial charge is 0.461 e. The van der Waals surface area contributed by atoms with Crippen molar-refractivity contribution in [2.45, 2.75) is 109 Å². The fourth-order valence-corrected chi connectivity index (χ4v) is 4.16. The summed E-state index contributed by atoms with van der Waals surface area (Å²) < 4.78 is 32.2. The van der Waals surface area contributed by atoms with Gasteiger partial charge in [-0.05, 0) is 37.2 Å². The average molecular weight is 501 g/mol. The molecule has 0 aliphatic heterocycles. The summed E-state index contributed by atoms with van der Waals surface area (Å²) in [5.74, 6) is -4.47. The Balaban J connectivity index is 0.000000342. The van der Waals surface area contributed by atoms with Crippen LogP contribution in [0.1, 0.15) is 96.5 Å². The Morgan fingerprint density at radius 2 is 1.76 bits per heavy atom. The third-order valence-electron chi connectivity index (χ3n) is 5.85. The van der Waals surface area contributed by atoms with Crippen LogP contribution in [0.5, 0.6) is 0 Å². The van der Waals surface area contributed by atoms with Crippen molar-refractivity contribution < 1.29 is 27.9 Å². The number of alkyl halides is 3. The number of ketones is 2. The van der Waals surface area contributed by atoms with E-state index in [9.17, 15) is 23.2 Å². The summed E-state index contributed by atoms with van der Waals surface area (Å²) in [6.45, 7) is 4.35. The Labute approximate surface area is 207 Å². The molecule has 2 atom stereocenters. The lowest BCUT2D eigenvalue weighted by Gasteiger charge is -2.19. The van der Waals surface area contributed by atoms with Crippen LogP contribution in [0.25, 0.3) is 0 Å². The first-order valence-electron chi connectivity index (χ1n) is 12.5. The SMILES string of the molecule is CCCCC(F)(F)C(=O)C(Cl)CC1CCC(=O)C1.CCCCCCC(=O)OCc1ccccc1. The highest BCUT2D eigenvalue weighted by Crippen LogP contribution is 2.32. The number of hydrogen-bond donors (Lipinski definition) is 0. The molecule has 1 aliphatic rings. The maximum absolute atomic E-state index is 13.5. The summed E-state index contributed by atoms with van der Waals surface area (Å²) in [5, 5.41) is -1.17. The second-order valence-electron chi connectivity index (χ2n) is 8.98. The first-order chi connectivity index (χ1) is 16.2. The maximum atomic E-state index is 13.5. The van der Waals surface area contributed by atoms with Gasteiger partial charge >= 0.3 is 11.9 Å². The van der Waals surface area contributed by atoms with Crippen molar-refractivity contribution in [3.63, 3.8) is 0 Å². The highest BCUT2D eigenvalue weighted by Gasteiger charge is 2.42. The van der Waals surface area contributed by atoms with Crippen LogP contribution >= 0.6 is 11.6 Å². The molecule has 0 aromatic heterocycles. The number of ether oxygens (including phenoxy) is 1. The minimum atomic E-state index is -3.33. The molecule has 1 fully saturated rings. The zero-order valence-electron chi connectivity index (χ0n) is 20.5. The molecule has 0 heterocycles. The predicted molar refractivity (Wildman–Crippen MR) is 131 cm³/mol. The van der Waals surface area contributed by atoms with Crippen molar-refractivity contribution in [1.29, 1.82) is 0 Å². The number of esters is 1. The first-order valence-corrected chi connectivity index (χ1v) is 12.9. The molecule has 0 N–H and O–H groups in total.